The van der Waals surface area contributed by atoms with E-state index in [-0.39, 0.29) is 10.9 Å². The van der Waals surface area contributed by atoms with Crippen LogP contribution >= 0.6 is 0 Å². The van der Waals surface area contributed by atoms with Gasteiger partial charge in [-0.25, -0.2) is 13.6 Å². The van der Waals surface area contributed by atoms with E-state index in [1.54, 1.807) is 24.3 Å². The highest BCUT2D eigenvalue weighted by atomic mass is 32.2. The first kappa shape index (κ1) is 17.0. The number of nitrogens with two attached hydrogens (primary N) is 1. The molecule has 0 amide bonds. The molecule has 3 N–H and O–H groups in total. The monoisotopic (exact) mass is 346 g/mol. The molecule has 0 fully saturated rings. The van der Waals surface area contributed by atoms with Gasteiger partial charge in [-0.1, -0.05) is 30.3 Å². The summed E-state index contributed by atoms with van der Waals surface area (Å²) in [5, 5.41) is 8.66. The SMILES string of the molecule is C[C@@H](NC[C@H]1CCOc2ccccc21)c1ccc(S(N)(=O)=O)cc1. The second-order valence-corrected chi connectivity index (χ2v) is 7.68. The third kappa shape index (κ3) is 3.77. The number of ether oxygens (including phenoxy) is 1. The lowest BCUT2D eigenvalue weighted by atomic mass is 9.92. The van der Waals surface area contributed by atoms with Crippen LogP contribution in [0.3, 0.4) is 0 Å². The van der Waals surface area contributed by atoms with Crippen molar-refractivity contribution in [1.82, 2.24) is 5.32 Å². The fourth-order valence-electron chi connectivity index (χ4n) is 3.01. The van der Waals surface area contributed by atoms with Crippen molar-refractivity contribution in [2.45, 2.75) is 30.2 Å². The summed E-state index contributed by atoms with van der Waals surface area (Å²) in [6.45, 7) is 3.65. The van der Waals surface area contributed by atoms with Crippen LogP contribution in [0, 0.1) is 0 Å². The predicted octanol–water partition coefficient (Wildman–Crippen LogP) is 2.55. The van der Waals surface area contributed by atoms with Crippen LogP contribution in [0.15, 0.2) is 53.4 Å². The summed E-state index contributed by atoms with van der Waals surface area (Å²) in [6, 6.07) is 15.0. The number of fused-ring (bicyclic) bond motifs is 1. The Kier molecular flexibility index (Phi) is 4.89. The molecular weight excluding hydrogens is 324 g/mol. The summed E-state index contributed by atoms with van der Waals surface area (Å²) in [6.07, 6.45) is 0.987. The number of benzene rings is 2. The van der Waals surface area contributed by atoms with E-state index in [0.29, 0.717) is 5.92 Å². The molecule has 1 aliphatic heterocycles. The lowest BCUT2D eigenvalue weighted by molar-refractivity contribution is 0.263. The number of primary sulfonamides is 1. The van der Waals surface area contributed by atoms with Crippen molar-refractivity contribution in [2.75, 3.05) is 13.2 Å². The number of hydrogen-bond acceptors (Lipinski definition) is 4. The van der Waals surface area contributed by atoms with Gasteiger partial charge in [-0.15, -0.1) is 0 Å². The van der Waals surface area contributed by atoms with Crippen LogP contribution in [0.5, 0.6) is 5.75 Å². The number of nitrogens with one attached hydrogen (secondary N) is 1. The van der Waals surface area contributed by atoms with Crippen LogP contribution in [0.4, 0.5) is 0 Å². The Morgan fingerprint density at radius 1 is 1.21 bits per heavy atom. The molecule has 0 bridgehead atoms. The van der Waals surface area contributed by atoms with Crippen LogP contribution in [0.1, 0.15) is 36.4 Å². The zero-order chi connectivity index (χ0) is 17.2. The molecule has 6 heteroatoms. The van der Waals surface area contributed by atoms with Crippen molar-refractivity contribution in [3.8, 4) is 5.75 Å². The van der Waals surface area contributed by atoms with Crippen molar-refractivity contribution < 1.29 is 13.2 Å². The minimum absolute atomic E-state index is 0.120. The third-order valence-corrected chi connectivity index (χ3v) is 5.39. The summed E-state index contributed by atoms with van der Waals surface area (Å²) < 4.78 is 28.3. The Morgan fingerprint density at radius 2 is 1.92 bits per heavy atom. The highest BCUT2D eigenvalue weighted by Gasteiger charge is 2.21. The average molecular weight is 346 g/mol. The van der Waals surface area contributed by atoms with Gasteiger partial charge < -0.3 is 10.1 Å². The summed E-state index contributed by atoms with van der Waals surface area (Å²) in [4.78, 5) is 0.136. The smallest absolute Gasteiger partial charge is 0.238 e. The lowest BCUT2D eigenvalue weighted by Gasteiger charge is -2.27. The van der Waals surface area contributed by atoms with E-state index in [4.69, 9.17) is 9.88 Å². The summed E-state index contributed by atoms with van der Waals surface area (Å²) in [5.74, 6) is 1.39. The Morgan fingerprint density at radius 3 is 2.62 bits per heavy atom. The molecule has 24 heavy (non-hydrogen) atoms. The molecular formula is C18H22N2O3S. The zero-order valence-corrected chi connectivity index (χ0v) is 14.4. The number of hydrogen-bond donors (Lipinski definition) is 2. The van der Waals surface area contributed by atoms with Gasteiger partial charge in [0.25, 0.3) is 0 Å². The average Bonchev–Trinajstić information content (AvgIpc) is 2.59. The van der Waals surface area contributed by atoms with Crippen LogP contribution in [0.2, 0.25) is 0 Å². The molecule has 0 radical (unpaired) electrons. The number of sulfonamides is 1. The van der Waals surface area contributed by atoms with Gasteiger partial charge in [0.05, 0.1) is 11.5 Å². The van der Waals surface area contributed by atoms with Gasteiger partial charge in [0, 0.05) is 18.5 Å². The molecule has 0 unspecified atom stereocenters. The maximum absolute atomic E-state index is 11.3. The zero-order valence-electron chi connectivity index (χ0n) is 13.6. The Bertz CT molecular complexity index is 803. The van der Waals surface area contributed by atoms with Gasteiger partial charge >= 0.3 is 0 Å². The van der Waals surface area contributed by atoms with E-state index in [1.165, 1.54) is 5.56 Å². The van der Waals surface area contributed by atoms with Crippen molar-refractivity contribution in [3.05, 3.63) is 59.7 Å². The molecule has 0 aliphatic carbocycles. The number of para-hydroxylation sites is 1. The molecule has 0 saturated heterocycles. The van der Waals surface area contributed by atoms with Crippen LogP contribution in [-0.4, -0.2) is 21.6 Å². The van der Waals surface area contributed by atoms with Gasteiger partial charge in [0.2, 0.25) is 10.0 Å². The molecule has 0 spiro atoms. The fourth-order valence-corrected chi connectivity index (χ4v) is 3.53. The molecule has 2 atom stereocenters. The van der Waals surface area contributed by atoms with E-state index >= 15 is 0 Å². The van der Waals surface area contributed by atoms with Crippen molar-refractivity contribution in [2.24, 2.45) is 5.14 Å². The van der Waals surface area contributed by atoms with Crippen molar-refractivity contribution in [1.29, 1.82) is 0 Å². The molecule has 0 saturated carbocycles. The van der Waals surface area contributed by atoms with Crippen molar-refractivity contribution in [3.63, 3.8) is 0 Å². The minimum Gasteiger partial charge on any atom is -0.493 e. The normalized spacial score (nSPS) is 18.5. The minimum atomic E-state index is -3.64. The van der Waals surface area contributed by atoms with Crippen LogP contribution in [0.25, 0.3) is 0 Å². The van der Waals surface area contributed by atoms with Gasteiger partial charge in [-0.3, -0.25) is 0 Å². The molecule has 128 valence electrons. The Balaban J connectivity index is 1.65. The van der Waals surface area contributed by atoms with E-state index in [0.717, 1.165) is 30.9 Å². The van der Waals surface area contributed by atoms with Gasteiger partial charge in [-0.2, -0.15) is 0 Å². The highest BCUT2D eigenvalue weighted by Crippen LogP contribution is 2.33. The second kappa shape index (κ2) is 6.93. The molecule has 1 aliphatic rings. The molecule has 2 aromatic carbocycles. The Hall–Kier alpha value is -1.89. The van der Waals surface area contributed by atoms with Crippen LogP contribution in [-0.2, 0) is 10.0 Å². The quantitative estimate of drug-likeness (QED) is 0.872. The first-order valence-corrected chi connectivity index (χ1v) is 9.57. The third-order valence-electron chi connectivity index (χ3n) is 4.46. The first-order valence-electron chi connectivity index (χ1n) is 8.03. The van der Waals surface area contributed by atoms with Gasteiger partial charge in [-0.05, 0) is 42.7 Å². The van der Waals surface area contributed by atoms with E-state index < -0.39 is 10.0 Å². The topological polar surface area (TPSA) is 81.4 Å². The van der Waals surface area contributed by atoms with Crippen LogP contribution < -0.4 is 15.2 Å². The van der Waals surface area contributed by atoms with E-state index in [2.05, 4.69) is 18.3 Å². The van der Waals surface area contributed by atoms with Gasteiger partial charge in [0.15, 0.2) is 0 Å². The largest absolute Gasteiger partial charge is 0.493 e. The Labute approximate surface area is 142 Å². The molecule has 2 aromatic rings. The van der Waals surface area contributed by atoms with E-state index in [9.17, 15) is 8.42 Å². The maximum Gasteiger partial charge on any atom is 0.238 e. The molecule has 0 aromatic heterocycles. The van der Waals surface area contributed by atoms with E-state index in [1.807, 2.05) is 18.2 Å². The summed E-state index contributed by atoms with van der Waals surface area (Å²) in [5.41, 5.74) is 2.27. The standard InChI is InChI=1S/C18H22N2O3S/c1-13(14-6-8-16(9-7-14)24(19,21)22)20-12-15-10-11-23-18-5-3-2-4-17(15)18/h2-9,13,15,20H,10-12H2,1H3,(H2,19,21,22)/t13-,15-/m1/s1. The maximum atomic E-state index is 11.3. The first-order chi connectivity index (χ1) is 11.4. The lowest BCUT2D eigenvalue weighted by Crippen LogP contribution is -2.28. The second-order valence-electron chi connectivity index (χ2n) is 6.12. The molecule has 1 heterocycles. The molecule has 3 rings (SSSR count). The summed E-state index contributed by atoms with van der Waals surface area (Å²) >= 11 is 0. The number of rotatable bonds is 5. The molecule has 5 nitrogen and oxygen atoms in total. The fraction of sp³-hybridized carbons (Fsp3) is 0.333. The highest BCUT2D eigenvalue weighted by molar-refractivity contribution is 7.89. The van der Waals surface area contributed by atoms with Crippen molar-refractivity contribution >= 4 is 10.0 Å². The van der Waals surface area contributed by atoms with Gasteiger partial charge in [0.1, 0.15) is 5.75 Å². The predicted molar refractivity (Wildman–Crippen MR) is 93.5 cm³/mol. The summed E-state index contributed by atoms with van der Waals surface area (Å²) in [7, 11) is -3.64.